The maximum atomic E-state index is 9.82. The molecule has 0 bridgehead atoms. The molecule has 0 aliphatic carbocycles. The molecule has 0 aliphatic heterocycles. The molecule has 1 heterocycles. The normalized spacial score (nSPS) is 10.7. The first-order valence-corrected chi connectivity index (χ1v) is 7.38. The van der Waals surface area contributed by atoms with Gasteiger partial charge in [0.15, 0.2) is 11.5 Å². The average molecular weight is 310 g/mol. The lowest BCUT2D eigenvalue weighted by atomic mass is 10.1. The number of nitrogens with zero attached hydrogens (tertiary/aromatic N) is 2. The first-order valence-electron chi connectivity index (χ1n) is 7.38. The first-order chi connectivity index (χ1) is 11.1. The quantitative estimate of drug-likeness (QED) is 0.773. The van der Waals surface area contributed by atoms with E-state index in [0.717, 1.165) is 22.5 Å². The minimum absolute atomic E-state index is 0.117. The van der Waals surface area contributed by atoms with Gasteiger partial charge in [-0.05, 0) is 43.3 Å². The second-order valence-electron chi connectivity index (χ2n) is 5.20. The number of phenols is 2. The van der Waals surface area contributed by atoms with Crippen LogP contribution in [0.5, 0.6) is 17.2 Å². The summed E-state index contributed by atoms with van der Waals surface area (Å²) >= 11 is 0. The molecule has 0 atom stereocenters. The van der Waals surface area contributed by atoms with Crippen LogP contribution in [-0.4, -0.2) is 26.6 Å². The number of rotatable bonds is 4. The minimum Gasteiger partial charge on any atom is -0.508 e. The summed E-state index contributed by atoms with van der Waals surface area (Å²) in [6.07, 6.45) is 0. The van der Waals surface area contributed by atoms with Crippen LogP contribution in [0.4, 0.5) is 0 Å². The maximum absolute atomic E-state index is 9.82. The SMILES string of the molecule is CCOc1cc(-c2cc(-c3cccc(O)c3)nn2C)ccc1O. The van der Waals surface area contributed by atoms with Crippen molar-refractivity contribution in [2.75, 3.05) is 6.61 Å². The summed E-state index contributed by atoms with van der Waals surface area (Å²) in [5, 5.41) is 23.9. The molecule has 0 aliphatic rings. The number of aryl methyl sites for hydroxylation is 1. The van der Waals surface area contributed by atoms with Crippen molar-refractivity contribution < 1.29 is 14.9 Å². The van der Waals surface area contributed by atoms with E-state index >= 15 is 0 Å². The fourth-order valence-electron chi connectivity index (χ4n) is 2.49. The van der Waals surface area contributed by atoms with Gasteiger partial charge in [0.25, 0.3) is 0 Å². The third-order valence-corrected chi connectivity index (χ3v) is 3.58. The van der Waals surface area contributed by atoms with Gasteiger partial charge in [0.05, 0.1) is 18.0 Å². The van der Waals surface area contributed by atoms with E-state index in [2.05, 4.69) is 5.10 Å². The summed E-state index contributed by atoms with van der Waals surface area (Å²) < 4.78 is 7.20. The smallest absolute Gasteiger partial charge is 0.161 e. The Morgan fingerprint density at radius 2 is 1.87 bits per heavy atom. The predicted octanol–water partition coefficient (Wildman–Crippen LogP) is 3.56. The van der Waals surface area contributed by atoms with Crippen LogP contribution in [0.3, 0.4) is 0 Å². The van der Waals surface area contributed by atoms with Crippen LogP contribution in [0.2, 0.25) is 0 Å². The second-order valence-corrected chi connectivity index (χ2v) is 5.20. The molecule has 0 radical (unpaired) electrons. The number of aromatic nitrogens is 2. The van der Waals surface area contributed by atoms with Crippen molar-refractivity contribution in [3.05, 3.63) is 48.5 Å². The zero-order chi connectivity index (χ0) is 16.4. The molecule has 5 heteroatoms. The predicted molar refractivity (Wildman–Crippen MR) is 88.6 cm³/mol. The third-order valence-electron chi connectivity index (χ3n) is 3.58. The molecule has 3 rings (SSSR count). The topological polar surface area (TPSA) is 67.5 Å². The molecule has 118 valence electrons. The zero-order valence-electron chi connectivity index (χ0n) is 13.0. The van der Waals surface area contributed by atoms with Crippen molar-refractivity contribution in [1.82, 2.24) is 9.78 Å². The van der Waals surface area contributed by atoms with Crippen molar-refractivity contribution in [3.63, 3.8) is 0 Å². The summed E-state index contributed by atoms with van der Waals surface area (Å²) in [6.45, 7) is 2.35. The Balaban J connectivity index is 2.03. The minimum atomic E-state index is 0.117. The molecule has 5 nitrogen and oxygen atoms in total. The van der Waals surface area contributed by atoms with E-state index in [1.165, 1.54) is 0 Å². The number of ether oxygens (including phenoxy) is 1. The molecule has 1 aromatic heterocycles. The molecule has 0 amide bonds. The lowest BCUT2D eigenvalue weighted by Gasteiger charge is -2.08. The maximum Gasteiger partial charge on any atom is 0.161 e. The van der Waals surface area contributed by atoms with Gasteiger partial charge in [0, 0.05) is 18.2 Å². The molecule has 0 saturated heterocycles. The number of phenolic OH excluding ortho intramolecular Hbond substituents is 2. The van der Waals surface area contributed by atoms with Crippen LogP contribution in [0, 0.1) is 0 Å². The van der Waals surface area contributed by atoms with Gasteiger partial charge in [0.1, 0.15) is 5.75 Å². The van der Waals surface area contributed by atoms with Crippen molar-refractivity contribution in [3.8, 4) is 39.8 Å². The molecular weight excluding hydrogens is 292 g/mol. The van der Waals surface area contributed by atoms with Gasteiger partial charge in [-0.15, -0.1) is 0 Å². The van der Waals surface area contributed by atoms with Crippen LogP contribution < -0.4 is 4.74 Å². The lowest BCUT2D eigenvalue weighted by molar-refractivity contribution is 0.318. The average Bonchev–Trinajstić information content (AvgIpc) is 2.92. The first kappa shape index (κ1) is 15.0. The summed E-state index contributed by atoms with van der Waals surface area (Å²) in [5.74, 6) is 0.772. The Morgan fingerprint density at radius 3 is 2.61 bits per heavy atom. The monoisotopic (exact) mass is 310 g/mol. The molecule has 0 spiro atoms. The highest BCUT2D eigenvalue weighted by Crippen LogP contribution is 2.33. The molecule has 2 aromatic carbocycles. The number of aromatic hydroxyl groups is 2. The highest BCUT2D eigenvalue weighted by Gasteiger charge is 2.12. The van der Waals surface area contributed by atoms with E-state index in [4.69, 9.17) is 4.74 Å². The van der Waals surface area contributed by atoms with Crippen LogP contribution in [0.1, 0.15) is 6.92 Å². The summed E-state index contributed by atoms with van der Waals surface area (Å²) in [6, 6.07) is 14.2. The van der Waals surface area contributed by atoms with E-state index < -0.39 is 0 Å². The van der Waals surface area contributed by atoms with E-state index in [1.54, 1.807) is 35.0 Å². The number of hydrogen-bond acceptors (Lipinski definition) is 4. The molecule has 3 aromatic rings. The highest BCUT2D eigenvalue weighted by atomic mass is 16.5. The largest absolute Gasteiger partial charge is 0.508 e. The van der Waals surface area contributed by atoms with Gasteiger partial charge in [-0.1, -0.05) is 12.1 Å². The number of benzene rings is 2. The third kappa shape index (κ3) is 2.99. The van der Waals surface area contributed by atoms with Gasteiger partial charge in [0.2, 0.25) is 0 Å². The van der Waals surface area contributed by atoms with Crippen LogP contribution in [0.15, 0.2) is 48.5 Å². The molecule has 2 N–H and O–H groups in total. The van der Waals surface area contributed by atoms with E-state index in [9.17, 15) is 10.2 Å². The second kappa shape index (κ2) is 6.04. The van der Waals surface area contributed by atoms with Crippen molar-refractivity contribution in [2.24, 2.45) is 7.05 Å². The van der Waals surface area contributed by atoms with E-state index in [-0.39, 0.29) is 11.5 Å². The van der Waals surface area contributed by atoms with Crippen LogP contribution in [-0.2, 0) is 7.05 Å². The fraction of sp³-hybridized carbons (Fsp3) is 0.167. The van der Waals surface area contributed by atoms with Gasteiger partial charge < -0.3 is 14.9 Å². The molecule has 0 unspecified atom stereocenters. The van der Waals surface area contributed by atoms with E-state index in [0.29, 0.717) is 12.4 Å². The highest BCUT2D eigenvalue weighted by molar-refractivity contribution is 5.71. The summed E-state index contributed by atoms with van der Waals surface area (Å²) in [7, 11) is 1.86. The van der Waals surface area contributed by atoms with Gasteiger partial charge in [-0.2, -0.15) is 5.10 Å². The van der Waals surface area contributed by atoms with Crippen molar-refractivity contribution in [2.45, 2.75) is 6.92 Å². The standard InChI is InChI=1S/C18H18N2O3/c1-3-23-18-10-13(7-8-17(18)22)16-11-15(19-20(16)2)12-5-4-6-14(21)9-12/h4-11,21-22H,3H2,1-2H3. The number of hydrogen-bond donors (Lipinski definition) is 2. The molecule has 0 saturated carbocycles. The van der Waals surface area contributed by atoms with E-state index in [1.807, 2.05) is 32.2 Å². The molecule has 0 fully saturated rings. The molecular formula is C18H18N2O3. The van der Waals surface area contributed by atoms with Crippen molar-refractivity contribution >= 4 is 0 Å². The molecule has 23 heavy (non-hydrogen) atoms. The van der Waals surface area contributed by atoms with Crippen LogP contribution in [0.25, 0.3) is 22.5 Å². The van der Waals surface area contributed by atoms with Crippen LogP contribution >= 0.6 is 0 Å². The van der Waals surface area contributed by atoms with Crippen molar-refractivity contribution in [1.29, 1.82) is 0 Å². The summed E-state index contributed by atoms with van der Waals surface area (Å²) in [5.41, 5.74) is 3.40. The lowest BCUT2D eigenvalue weighted by Crippen LogP contribution is -1.95. The van der Waals surface area contributed by atoms with Gasteiger partial charge >= 0.3 is 0 Å². The Hall–Kier alpha value is -2.95. The zero-order valence-corrected chi connectivity index (χ0v) is 13.0. The Bertz CT molecular complexity index is 840. The summed E-state index contributed by atoms with van der Waals surface area (Å²) in [4.78, 5) is 0. The van der Waals surface area contributed by atoms with Gasteiger partial charge in [-0.25, -0.2) is 0 Å². The van der Waals surface area contributed by atoms with Gasteiger partial charge in [-0.3, -0.25) is 4.68 Å². The fourth-order valence-corrected chi connectivity index (χ4v) is 2.49. The Kier molecular flexibility index (Phi) is 3.93. The Morgan fingerprint density at radius 1 is 1.04 bits per heavy atom. The Labute approximate surface area is 134 Å².